The van der Waals surface area contributed by atoms with Gasteiger partial charge in [-0.25, -0.2) is 0 Å². The molecule has 17 heavy (non-hydrogen) atoms. The molecule has 94 valence electrons. The van der Waals surface area contributed by atoms with E-state index in [1.807, 2.05) is 13.8 Å². The second kappa shape index (κ2) is 5.87. The first-order chi connectivity index (χ1) is 8.00. The first-order valence-electron chi connectivity index (χ1n) is 5.58. The normalized spacial score (nSPS) is 14.1. The molecule has 0 aliphatic carbocycles. The molecular formula is C12H17ClN2O2. The second-order valence-electron chi connectivity index (χ2n) is 4.25. The van der Waals surface area contributed by atoms with Crippen molar-refractivity contribution >= 4 is 17.5 Å². The Kier molecular flexibility index (Phi) is 4.75. The number of nitrogens with one attached hydrogen (secondary N) is 2. The summed E-state index contributed by atoms with van der Waals surface area (Å²) < 4.78 is 0. The summed E-state index contributed by atoms with van der Waals surface area (Å²) in [6.07, 6.45) is 2.92. The van der Waals surface area contributed by atoms with Crippen molar-refractivity contribution in [3.8, 4) is 0 Å². The largest absolute Gasteiger partial charge is 0.347 e. The van der Waals surface area contributed by atoms with Crippen LogP contribution in [0.4, 0.5) is 0 Å². The van der Waals surface area contributed by atoms with E-state index in [9.17, 15) is 9.59 Å². The fourth-order valence-corrected chi connectivity index (χ4v) is 1.85. The number of H-pyrrole nitrogens is 1. The van der Waals surface area contributed by atoms with Crippen LogP contribution >= 0.6 is 11.6 Å². The van der Waals surface area contributed by atoms with Crippen LogP contribution in [0.2, 0.25) is 0 Å². The Bertz CT molecular complexity index is 424. The number of hydrogen-bond acceptors (Lipinski definition) is 2. The molecule has 0 spiro atoms. The topological polar surface area (TPSA) is 62.0 Å². The Morgan fingerprint density at radius 3 is 2.71 bits per heavy atom. The summed E-state index contributed by atoms with van der Waals surface area (Å²) in [4.78, 5) is 25.3. The van der Waals surface area contributed by atoms with Crippen molar-refractivity contribution in [2.75, 3.05) is 5.88 Å². The Hall–Kier alpha value is -1.29. The Balaban J connectivity index is 2.77. The van der Waals surface area contributed by atoms with Gasteiger partial charge in [0.05, 0.1) is 5.56 Å². The number of hydrogen-bond donors (Lipinski definition) is 2. The molecule has 0 aliphatic rings. The Morgan fingerprint density at radius 2 is 2.24 bits per heavy atom. The van der Waals surface area contributed by atoms with E-state index in [4.69, 9.17) is 11.6 Å². The first kappa shape index (κ1) is 13.8. The summed E-state index contributed by atoms with van der Waals surface area (Å²) in [6.45, 7) is 3.96. The summed E-state index contributed by atoms with van der Waals surface area (Å²) in [7, 11) is 0. The molecular weight excluding hydrogens is 240 g/mol. The van der Waals surface area contributed by atoms with Gasteiger partial charge in [-0.1, -0.05) is 6.92 Å². The number of aromatic nitrogens is 1. The van der Waals surface area contributed by atoms with Gasteiger partial charge in [-0.15, -0.1) is 11.6 Å². The summed E-state index contributed by atoms with van der Waals surface area (Å²) in [5.74, 6) is 0.298. The van der Waals surface area contributed by atoms with Crippen LogP contribution in [0.15, 0.2) is 23.1 Å². The van der Waals surface area contributed by atoms with E-state index in [1.165, 1.54) is 18.3 Å². The molecule has 1 heterocycles. The summed E-state index contributed by atoms with van der Waals surface area (Å²) in [5, 5.41) is 2.93. The van der Waals surface area contributed by atoms with Crippen LogP contribution in [0.3, 0.4) is 0 Å². The minimum absolute atomic E-state index is 0.198. The molecule has 1 rings (SSSR count). The van der Waals surface area contributed by atoms with Crippen molar-refractivity contribution in [2.24, 2.45) is 0 Å². The summed E-state index contributed by atoms with van der Waals surface area (Å²) in [5.41, 5.74) is -0.0889. The lowest BCUT2D eigenvalue weighted by molar-refractivity contribution is 0.0901. The van der Waals surface area contributed by atoms with Gasteiger partial charge in [0.25, 0.3) is 5.91 Å². The molecule has 0 saturated carbocycles. The number of aromatic amines is 1. The van der Waals surface area contributed by atoms with Crippen LogP contribution in [-0.2, 0) is 0 Å². The average molecular weight is 257 g/mol. The van der Waals surface area contributed by atoms with Crippen molar-refractivity contribution in [1.82, 2.24) is 10.3 Å². The molecule has 0 bridgehead atoms. The number of rotatable bonds is 5. The van der Waals surface area contributed by atoms with Crippen molar-refractivity contribution < 1.29 is 4.79 Å². The van der Waals surface area contributed by atoms with Gasteiger partial charge in [-0.05, 0) is 25.8 Å². The fraction of sp³-hybridized carbons (Fsp3) is 0.500. The lowest BCUT2D eigenvalue weighted by atomic mass is 9.95. The van der Waals surface area contributed by atoms with E-state index in [1.54, 1.807) is 0 Å². The number of carbonyl (C=O) groups excluding carboxylic acids is 1. The highest BCUT2D eigenvalue weighted by Gasteiger charge is 2.24. The van der Waals surface area contributed by atoms with Gasteiger partial charge in [0.1, 0.15) is 0 Å². The molecule has 2 N–H and O–H groups in total. The van der Waals surface area contributed by atoms with E-state index < -0.39 is 0 Å². The molecule has 1 atom stereocenters. The zero-order valence-corrected chi connectivity index (χ0v) is 10.8. The Labute approximate surface area is 105 Å². The predicted octanol–water partition coefficient (Wildman–Crippen LogP) is 1.90. The maximum Gasteiger partial charge on any atom is 0.253 e. The number of pyridine rings is 1. The number of carbonyl (C=O) groups is 1. The molecule has 1 amide bonds. The molecule has 0 aromatic carbocycles. The van der Waals surface area contributed by atoms with E-state index in [0.29, 0.717) is 17.9 Å². The predicted molar refractivity (Wildman–Crippen MR) is 68.6 cm³/mol. The SMILES string of the molecule is CCC(C)(CCCl)NC(=O)c1ccc(=O)[nH]c1. The number of halogens is 1. The second-order valence-corrected chi connectivity index (χ2v) is 4.63. The fourth-order valence-electron chi connectivity index (χ4n) is 1.43. The van der Waals surface area contributed by atoms with Gasteiger partial charge >= 0.3 is 0 Å². The third-order valence-electron chi connectivity index (χ3n) is 2.89. The third kappa shape index (κ3) is 3.89. The van der Waals surface area contributed by atoms with Crippen LogP contribution in [-0.4, -0.2) is 22.3 Å². The lowest BCUT2D eigenvalue weighted by Crippen LogP contribution is -2.45. The summed E-state index contributed by atoms with van der Waals surface area (Å²) in [6, 6.07) is 2.84. The molecule has 5 heteroatoms. The minimum atomic E-state index is -0.311. The smallest absolute Gasteiger partial charge is 0.253 e. The van der Waals surface area contributed by atoms with E-state index in [2.05, 4.69) is 10.3 Å². The molecule has 0 aliphatic heterocycles. The van der Waals surface area contributed by atoms with Crippen molar-refractivity contribution in [3.63, 3.8) is 0 Å². The number of alkyl halides is 1. The maximum absolute atomic E-state index is 11.9. The van der Waals surface area contributed by atoms with Crippen LogP contribution in [0, 0.1) is 0 Å². The van der Waals surface area contributed by atoms with Crippen molar-refractivity contribution in [1.29, 1.82) is 0 Å². The minimum Gasteiger partial charge on any atom is -0.347 e. The molecule has 1 unspecified atom stereocenters. The third-order valence-corrected chi connectivity index (χ3v) is 3.08. The molecule has 0 fully saturated rings. The van der Waals surface area contributed by atoms with Gasteiger partial charge in [0.2, 0.25) is 5.56 Å². The first-order valence-corrected chi connectivity index (χ1v) is 6.11. The van der Waals surface area contributed by atoms with Crippen LogP contribution in [0.5, 0.6) is 0 Å². The zero-order valence-electron chi connectivity index (χ0n) is 10.0. The van der Waals surface area contributed by atoms with Gasteiger partial charge in [-0.2, -0.15) is 0 Å². The standard InChI is InChI=1S/C12H17ClN2O2/c1-3-12(2,6-7-13)15-11(17)9-4-5-10(16)14-8-9/h4-5,8H,3,6-7H2,1-2H3,(H,14,16)(H,15,17). The molecule has 1 aromatic rings. The van der Waals surface area contributed by atoms with Crippen LogP contribution < -0.4 is 10.9 Å². The van der Waals surface area contributed by atoms with E-state index >= 15 is 0 Å². The molecule has 4 nitrogen and oxygen atoms in total. The van der Waals surface area contributed by atoms with Crippen molar-refractivity contribution in [2.45, 2.75) is 32.2 Å². The monoisotopic (exact) mass is 256 g/mol. The quantitative estimate of drug-likeness (QED) is 0.791. The van der Waals surface area contributed by atoms with Crippen LogP contribution in [0.25, 0.3) is 0 Å². The summed E-state index contributed by atoms with van der Waals surface area (Å²) >= 11 is 5.72. The highest BCUT2D eigenvalue weighted by Crippen LogP contribution is 2.15. The van der Waals surface area contributed by atoms with Gasteiger partial charge in [-0.3, -0.25) is 9.59 Å². The molecule has 0 radical (unpaired) electrons. The van der Waals surface area contributed by atoms with Gasteiger partial charge in [0.15, 0.2) is 0 Å². The van der Waals surface area contributed by atoms with Crippen LogP contribution in [0.1, 0.15) is 37.0 Å². The van der Waals surface area contributed by atoms with Gasteiger partial charge in [0, 0.05) is 23.7 Å². The average Bonchev–Trinajstić information content (AvgIpc) is 2.30. The number of amides is 1. The van der Waals surface area contributed by atoms with Gasteiger partial charge < -0.3 is 10.3 Å². The van der Waals surface area contributed by atoms with E-state index in [-0.39, 0.29) is 17.0 Å². The highest BCUT2D eigenvalue weighted by atomic mass is 35.5. The Morgan fingerprint density at radius 1 is 1.53 bits per heavy atom. The highest BCUT2D eigenvalue weighted by molar-refractivity contribution is 6.17. The molecule has 0 saturated heterocycles. The molecule has 1 aromatic heterocycles. The maximum atomic E-state index is 11.9. The zero-order chi connectivity index (χ0) is 12.9. The van der Waals surface area contributed by atoms with Crippen molar-refractivity contribution in [3.05, 3.63) is 34.2 Å². The van der Waals surface area contributed by atoms with E-state index in [0.717, 1.165) is 6.42 Å². The lowest BCUT2D eigenvalue weighted by Gasteiger charge is -2.28.